The molecule has 2 heterocycles. The van der Waals surface area contributed by atoms with Gasteiger partial charge in [0.2, 0.25) is 5.76 Å². The van der Waals surface area contributed by atoms with E-state index in [-0.39, 0.29) is 17.0 Å². The molecule has 192 valence electrons. The van der Waals surface area contributed by atoms with Crippen LogP contribution in [0.5, 0.6) is 5.75 Å². The fourth-order valence-corrected chi connectivity index (χ4v) is 5.01. The Morgan fingerprint density at radius 1 is 0.897 bits per heavy atom. The molecule has 6 heteroatoms. The number of ketones is 1. The number of fused-ring (bicyclic) bond motifs is 2. The molecule has 0 aliphatic carbocycles. The summed E-state index contributed by atoms with van der Waals surface area (Å²) in [7, 11) is 0. The first-order valence-corrected chi connectivity index (χ1v) is 12.7. The average Bonchev–Trinajstić information content (AvgIpc) is 3.25. The third-order valence-corrected chi connectivity index (χ3v) is 7.02. The van der Waals surface area contributed by atoms with E-state index in [0.29, 0.717) is 40.1 Å². The summed E-state index contributed by atoms with van der Waals surface area (Å²) in [6, 6.07) is 28.7. The van der Waals surface area contributed by atoms with Crippen LogP contribution in [-0.4, -0.2) is 11.7 Å². The maximum absolute atomic E-state index is 13.8. The van der Waals surface area contributed by atoms with Crippen molar-refractivity contribution in [1.29, 1.82) is 0 Å². The number of rotatable bonds is 6. The number of hydrogen-bond donors (Lipinski definition) is 0. The Morgan fingerprint density at radius 2 is 1.62 bits per heavy atom. The van der Waals surface area contributed by atoms with Crippen molar-refractivity contribution in [1.82, 2.24) is 0 Å². The van der Waals surface area contributed by atoms with E-state index < -0.39 is 11.9 Å². The second-order valence-corrected chi connectivity index (χ2v) is 9.70. The van der Waals surface area contributed by atoms with Crippen LogP contribution in [0.25, 0.3) is 11.0 Å². The lowest BCUT2D eigenvalue weighted by Gasteiger charge is -2.25. The van der Waals surface area contributed by atoms with E-state index >= 15 is 0 Å². The molecule has 0 saturated carbocycles. The number of Topliss-reactive ketones (excluding diaryl/α,β-unsaturated/α-hetero) is 1. The minimum Gasteiger partial charge on any atom is -0.489 e. The van der Waals surface area contributed by atoms with Gasteiger partial charge < -0.3 is 9.15 Å². The Labute approximate surface area is 225 Å². The lowest BCUT2D eigenvalue weighted by atomic mass is 9.97. The van der Waals surface area contributed by atoms with Crippen LogP contribution in [-0.2, 0) is 6.61 Å². The summed E-state index contributed by atoms with van der Waals surface area (Å²) in [4.78, 5) is 41.0. The number of ether oxygens (including phenoxy) is 1. The molecule has 1 amide bonds. The average molecular weight is 516 g/mol. The number of hydrogen-bond acceptors (Lipinski definition) is 5. The summed E-state index contributed by atoms with van der Waals surface area (Å²) < 4.78 is 12.0. The predicted octanol–water partition coefficient (Wildman–Crippen LogP) is 6.63. The molecular weight excluding hydrogens is 490 g/mol. The molecule has 1 atom stereocenters. The van der Waals surface area contributed by atoms with Gasteiger partial charge in [-0.15, -0.1) is 0 Å². The van der Waals surface area contributed by atoms with Gasteiger partial charge in [-0.1, -0.05) is 54.1 Å². The largest absolute Gasteiger partial charge is 0.489 e. The van der Waals surface area contributed by atoms with Crippen LogP contribution in [0, 0.1) is 6.92 Å². The third kappa shape index (κ3) is 4.40. The summed E-state index contributed by atoms with van der Waals surface area (Å²) in [5, 5.41) is 0.433. The molecule has 6 nitrogen and oxygen atoms in total. The number of anilines is 1. The van der Waals surface area contributed by atoms with Crippen LogP contribution in [0.2, 0.25) is 0 Å². The molecular formula is C33H25NO5. The zero-order valence-electron chi connectivity index (χ0n) is 21.5. The molecule has 0 N–H and O–H groups in total. The van der Waals surface area contributed by atoms with Crippen molar-refractivity contribution in [3.8, 4) is 5.75 Å². The Balaban J connectivity index is 1.44. The first-order chi connectivity index (χ1) is 18.9. The van der Waals surface area contributed by atoms with Gasteiger partial charge in [0.15, 0.2) is 11.2 Å². The second kappa shape index (κ2) is 9.72. The van der Waals surface area contributed by atoms with E-state index in [1.807, 2.05) is 67.6 Å². The smallest absolute Gasteiger partial charge is 0.295 e. The quantitative estimate of drug-likeness (QED) is 0.237. The molecule has 0 fully saturated rings. The van der Waals surface area contributed by atoms with Crippen molar-refractivity contribution in [3.05, 3.63) is 141 Å². The minimum absolute atomic E-state index is 0.0291. The SMILES string of the molecule is CC(=O)c1ccc(N2C(=O)c3oc4ccc(C)cc4c(=O)c3C2c2ccc(OCc3ccccc3)cc2)cc1. The van der Waals surface area contributed by atoms with Gasteiger partial charge in [-0.3, -0.25) is 19.3 Å². The molecule has 0 radical (unpaired) electrons. The molecule has 1 aromatic heterocycles. The van der Waals surface area contributed by atoms with E-state index in [0.717, 1.165) is 16.7 Å². The third-order valence-electron chi connectivity index (χ3n) is 7.02. The van der Waals surface area contributed by atoms with Gasteiger partial charge in [0.1, 0.15) is 17.9 Å². The molecule has 6 rings (SSSR count). The molecule has 1 unspecified atom stereocenters. The Morgan fingerprint density at radius 3 is 2.31 bits per heavy atom. The first-order valence-electron chi connectivity index (χ1n) is 12.7. The van der Waals surface area contributed by atoms with Crippen molar-refractivity contribution in [2.24, 2.45) is 0 Å². The Kier molecular flexibility index (Phi) is 6.08. The van der Waals surface area contributed by atoms with E-state index in [9.17, 15) is 14.4 Å². The summed E-state index contributed by atoms with van der Waals surface area (Å²) in [5.41, 5.74) is 4.25. The molecule has 0 spiro atoms. The first kappa shape index (κ1) is 24.4. The van der Waals surface area contributed by atoms with Gasteiger partial charge in [0.05, 0.1) is 17.0 Å². The Bertz CT molecular complexity index is 1770. The topological polar surface area (TPSA) is 76.8 Å². The Hall–Kier alpha value is -4.97. The maximum Gasteiger partial charge on any atom is 0.295 e. The number of aryl methyl sites for hydroxylation is 1. The van der Waals surface area contributed by atoms with E-state index in [1.54, 1.807) is 41.3 Å². The van der Waals surface area contributed by atoms with Gasteiger partial charge in [0.25, 0.3) is 5.91 Å². The van der Waals surface area contributed by atoms with Gasteiger partial charge in [-0.25, -0.2) is 0 Å². The van der Waals surface area contributed by atoms with Crippen LogP contribution in [0.4, 0.5) is 5.69 Å². The fourth-order valence-electron chi connectivity index (χ4n) is 5.01. The summed E-state index contributed by atoms with van der Waals surface area (Å²) >= 11 is 0. The van der Waals surface area contributed by atoms with Crippen molar-refractivity contribution in [3.63, 3.8) is 0 Å². The zero-order valence-corrected chi connectivity index (χ0v) is 21.5. The highest BCUT2D eigenvalue weighted by molar-refractivity contribution is 6.11. The number of benzene rings is 4. The van der Waals surface area contributed by atoms with Crippen molar-refractivity contribution < 1.29 is 18.7 Å². The molecule has 5 aromatic rings. The fraction of sp³-hybridized carbons (Fsp3) is 0.121. The summed E-state index contributed by atoms with van der Waals surface area (Å²) in [5.74, 6) is 0.223. The molecule has 0 saturated heterocycles. The van der Waals surface area contributed by atoms with E-state index in [4.69, 9.17) is 9.15 Å². The second-order valence-electron chi connectivity index (χ2n) is 9.70. The highest BCUT2D eigenvalue weighted by Crippen LogP contribution is 2.41. The van der Waals surface area contributed by atoms with Crippen molar-refractivity contribution in [2.75, 3.05) is 4.90 Å². The van der Waals surface area contributed by atoms with Crippen LogP contribution < -0.4 is 15.1 Å². The maximum atomic E-state index is 13.8. The highest BCUT2D eigenvalue weighted by atomic mass is 16.5. The van der Waals surface area contributed by atoms with E-state index in [2.05, 4.69) is 0 Å². The van der Waals surface area contributed by atoms with Crippen molar-refractivity contribution in [2.45, 2.75) is 26.5 Å². The van der Waals surface area contributed by atoms with Crippen molar-refractivity contribution >= 4 is 28.3 Å². The molecule has 4 aromatic carbocycles. The zero-order chi connectivity index (χ0) is 27.1. The number of carbonyl (C=O) groups excluding carboxylic acids is 2. The lowest BCUT2D eigenvalue weighted by Crippen LogP contribution is -2.29. The predicted molar refractivity (Wildman–Crippen MR) is 150 cm³/mol. The lowest BCUT2D eigenvalue weighted by molar-refractivity contribution is 0.0970. The summed E-state index contributed by atoms with van der Waals surface area (Å²) in [6.07, 6.45) is 0. The normalized spacial score (nSPS) is 14.5. The van der Waals surface area contributed by atoms with Crippen LogP contribution >= 0.6 is 0 Å². The number of nitrogens with zero attached hydrogens (tertiary/aromatic N) is 1. The van der Waals surface area contributed by atoms with Gasteiger partial charge in [-0.05, 0) is 73.5 Å². The standard InChI is InChI=1S/C33H25NO5/c1-20-8-17-28-27(18-20)31(36)29-30(24-11-15-26(16-12-24)38-19-22-6-4-3-5-7-22)34(33(37)32(29)39-28)25-13-9-23(10-14-25)21(2)35/h3-18,30H,19H2,1-2H3. The number of carbonyl (C=O) groups is 2. The molecule has 39 heavy (non-hydrogen) atoms. The van der Waals surface area contributed by atoms with Gasteiger partial charge in [-0.2, -0.15) is 0 Å². The number of amides is 1. The highest BCUT2D eigenvalue weighted by Gasteiger charge is 2.43. The monoisotopic (exact) mass is 515 g/mol. The van der Waals surface area contributed by atoms with Crippen LogP contribution in [0.1, 0.15) is 56.1 Å². The van der Waals surface area contributed by atoms with Gasteiger partial charge in [0, 0.05) is 11.3 Å². The van der Waals surface area contributed by atoms with Crippen LogP contribution in [0.3, 0.4) is 0 Å². The summed E-state index contributed by atoms with van der Waals surface area (Å²) in [6.45, 7) is 3.83. The van der Waals surface area contributed by atoms with Gasteiger partial charge >= 0.3 is 0 Å². The van der Waals surface area contributed by atoms with Crippen LogP contribution in [0.15, 0.2) is 106 Å². The van der Waals surface area contributed by atoms with E-state index in [1.165, 1.54) is 6.92 Å². The molecule has 1 aliphatic rings. The minimum atomic E-state index is -0.708. The molecule has 1 aliphatic heterocycles. The molecule has 0 bridgehead atoms.